The molecule has 0 aliphatic carbocycles. The van der Waals surface area contributed by atoms with Gasteiger partial charge in [-0.1, -0.05) is 29.8 Å². The van der Waals surface area contributed by atoms with E-state index in [2.05, 4.69) is 20.0 Å². The summed E-state index contributed by atoms with van der Waals surface area (Å²) in [4.78, 5) is 0.220. The molecule has 0 saturated heterocycles. The van der Waals surface area contributed by atoms with E-state index < -0.39 is 10.0 Å². The van der Waals surface area contributed by atoms with Gasteiger partial charge in [0.1, 0.15) is 0 Å². The Bertz CT molecular complexity index is 1340. The van der Waals surface area contributed by atoms with Crippen molar-refractivity contribution >= 4 is 21.4 Å². The summed E-state index contributed by atoms with van der Waals surface area (Å²) in [5, 5.41) is 12.6. The van der Waals surface area contributed by atoms with Gasteiger partial charge in [-0.25, -0.2) is 8.42 Å². The topological polar surface area (TPSA) is 89.2 Å². The van der Waals surface area contributed by atoms with Crippen LogP contribution in [0.4, 0.5) is 5.69 Å². The zero-order valence-corrected chi connectivity index (χ0v) is 17.4. The molecule has 1 N–H and O–H groups in total. The molecule has 4 rings (SSSR count). The molecule has 0 aliphatic rings. The number of hydrogen-bond donors (Lipinski definition) is 1. The highest BCUT2D eigenvalue weighted by atomic mass is 32.2. The second kappa shape index (κ2) is 6.97. The van der Waals surface area contributed by atoms with E-state index in [-0.39, 0.29) is 4.90 Å². The van der Waals surface area contributed by atoms with Crippen molar-refractivity contribution in [3.05, 3.63) is 71.0 Å². The van der Waals surface area contributed by atoms with Crippen molar-refractivity contribution < 1.29 is 8.42 Å². The van der Waals surface area contributed by atoms with Crippen LogP contribution in [0.5, 0.6) is 0 Å². The number of aromatic nitrogens is 4. The summed E-state index contributed by atoms with van der Waals surface area (Å²) in [5.74, 6) is 0.665. The largest absolute Gasteiger partial charge is 0.279 e. The fourth-order valence-corrected chi connectivity index (χ4v) is 4.63. The summed E-state index contributed by atoms with van der Waals surface area (Å²) in [6.45, 7) is 7.45. The number of anilines is 1. The normalized spacial score (nSPS) is 11.7. The lowest BCUT2D eigenvalue weighted by Crippen LogP contribution is -2.15. The molecule has 0 fully saturated rings. The highest BCUT2D eigenvalue weighted by Gasteiger charge is 2.19. The maximum atomic E-state index is 13.1. The van der Waals surface area contributed by atoms with Crippen molar-refractivity contribution in [3.63, 3.8) is 0 Å². The van der Waals surface area contributed by atoms with Crippen LogP contribution in [0.2, 0.25) is 0 Å². The molecule has 0 aliphatic heterocycles. The molecule has 148 valence electrons. The highest BCUT2D eigenvalue weighted by molar-refractivity contribution is 7.92. The van der Waals surface area contributed by atoms with E-state index in [1.165, 1.54) is 0 Å². The van der Waals surface area contributed by atoms with Gasteiger partial charge in [0.05, 0.1) is 16.3 Å². The summed E-state index contributed by atoms with van der Waals surface area (Å²) < 4.78 is 30.6. The van der Waals surface area contributed by atoms with Gasteiger partial charge in [-0.3, -0.25) is 4.72 Å². The first-order valence-corrected chi connectivity index (χ1v) is 10.6. The predicted molar refractivity (Wildman–Crippen MR) is 112 cm³/mol. The molecule has 29 heavy (non-hydrogen) atoms. The number of sulfonamides is 1. The van der Waals surface area contributed by atoms with E-state index in [4.69, 9.17) is 0 Å². The van der Waals surface area contributed by atoms with E-state index in [0.717, 1.165) is 11.1 Å². The van der Waals surface area contributed by atoms with Crippen LogP contribution in [0.25, 0.3) is 16.9 Å². The number of hydrogen-bond acceptors (Lipinski definition) is 5. The minimum absolute atomic E-state index is 0.220. The second-order valence-electron chi connectivity index (χ2n) is 7.14. The van der Waals surface area contributed by atoms with Crippen LogP contribution in [0.1, 0.15) is 22.5 Å². The summed E-state index contributed by atoms with van der Waals surface area (Å²) in [6, 6.07) is 14.5. The summed E-state index contributed by atoms with van der Waals surface area (Å²) >= 11 is 0. The van der Waals surface area contributed by atoms with Crippen LogP contribution < -0.4 is 4.72 Å². The van der Waals surface area contributed by atoms with Crippen molar-refractivity contribution in [2.24, 2.45) is 0 Å². The molecule has 0 spiro atoms. The van der Waals surface area contributed by atoms with Gasteiger partial charge in [-0.15, -0.1) is 10.2 Å². The molecule has 0 unspecified atom stereocenters. The first kappa shape index (κ1) is 19.1. The average Bonchev–Trinajstić information content (AvgIpc) is 3.05. The Balaban J connectivity index is 1.76. The molecule has 2 aromatic heterocycles. The van der Waals surface area contributed by atoms with E-state index in [1.807, 2.05) is 51.1 Å². The number of rotatable bonds is 4. The zero-order chi connectivity index (χ0) is 20.8. The van der Waals surface area contributed by atoms with Gasteiger partial charge >= 0.3 is 0 Å². The molecule has 0 saturated carbocycles. The van der Waals surface area contributed by atoms with Gasteiger partial charge in [0.15, 0.2) is 11.5 Å². The quantitative estimate of drug-likeness (QED) is 0.555. The molecule has 2 aromatic carbocycles. The molecular formula is C21H21N5O2S. The van der Waals surface area contributed by atoms with Gasteiger partial charge < -0.3 is 0 Å². The SMILES string of the molecule is Cc1ccc(NS(=O)(=O)c2cc(-c3ccc4nnc(C)n4n3)ccc2C)c(C)c1. The van der Waals surface area contributed by atoms with Gasteiger partial charge in [-0.05, 0) is 63.1 Å². The van der Waals surface area contributed by atoms with E-state index in [1.54, 1.807) is 29.6 Å². The van der Waals surface area contributed by atoms with Crippen LogP contribution in [-0.2, 0) is 10.0 Å². The Labute approximate surface area is 169 Å². The molecule has 4 aromatic rings. The number of benzene rings is 2. The first-order chi connectivity index (χ1) is 13.7. The molecule has 0 atom stereocenters. The summed E-state index contributed by atoms with van der Waals surface area (Å²) in [6.07, 6.45) is 0. The third-order valence-electron chi connectivity index (χ3n) is 4.82. The van der Waals surface area contributed by atoms with Crippen LogP contribution in [-0.4, -0.2) is 28.2 Å². The van der Waals surface area contributed by atoms with Gasteiger partial charge in [0.25, 0.3) is 10.0 Å². The molecule has 0 radical (unpaired) electrons. The number of nitrogens with zero attached hydrogens (tertiary/aromatic N) is 4. The molecule has 7 nitrogen and oxygen atoms in total. The minimum Gasteiger partial charge on any atom is -0.279 e. The minimum atomic E-state index is -3.76. The standard InChI is InChI=1S/C21H21N5O2S/c1-13-5-8-18(15(3)11-13)25-29(27,28)20-12-17(7-6-14(20)2)19-9-10-21-23-22-16(4)26(21)24-19/h5-12,25H,1-4H3. The lowest BCUT2D eigenvalue weighted by atomic mass is 10.1. The lowest BCUT2D eigenvalue weighted by Gasteiger charge is -2.14. The van der Waals surface area contributed by atoms with E-state index >= 15 is 0 Å². The van der Waals surface area contributed by atoms with Crippen molar-refractivity contribution in [1.82, 2.24) is 19.8 Å². The number of nitrogens with one attached hydrogen (secondary N) is 1. The average molecular weight is 407 g/mol. The van der Waals surface area contributed by atoms with Gasteiger partial charge in [0.2, 0.25) is 0 Å². The third kappa shape index (κ3) is 3.58. The maximum absolute atomic E-state index is 13.1. The first-order valence-electron chi connectivity index (χ1n) is 9.15. The monoisotopic (exact) mass is 407 g/mol. The Hall–Kier alpha value is -3.26. The highest BCUT2D eigenvalue weighted by Crippen LogP contribution is 2.27. The fourth-order valence-electron chi connectivity index (χ4n) is 3.23. The van der Waals surface area contributed by atoms with Crippen LogP contribution in [0.15, 0.2) is 53.4 Å². The maximum Gasteiger partial charge on any atom is 0.262 e. The molecular weight excluding hydrogens is 386 g/mol. The molecule has 8 heteroatoms. The van der Waals surface area contributed by atoms with Crippen molar-refractivity contribution in [2.45, 2.75) is 32.6 Å². The van der Waals surface area contributed by atoms with Crippen LogP contribution in [0, 0.1) is 27.7 Å². The fraction of sp³-hybridized carbons (Fsp3) is 0.190. The Kier molecular flexibility index (Phi) is 4.58. The zero-order valence-electron chi connectivity index (χ0n) is 16.6. The number of fused-ring (bicyclic) bond motifs is 1. The van der Waals surface area contributed by atoms with Crippen molar-refractivity contribution in [1.29, 1.82) is 0 Å². The van der Waals surface area contributed by atoms with Crippen LogP contribution in [0.3, 0.4) is 0 Å². The Morgan fingerprint density at radius 1 is 0.862 bits per heavy atom. The van der Waals surface area contributed by atoms with Gasteiger partial charge in [-0.2, -0.15) is 9.61 Å². The smallest absolute Gasteiger partial charge is 0.262 e. The third-order valence-corrected chi connectivity index (χ3v) is 6.33. The molecule has 0 bridgehead atoms. The van der Waals surface area contributed by atoms with Crippen molar-refractivity contribution in [3.8, 4) is 11.3 Å². The number of aryl methyl sites for hydroxylation is 4. The van der Waals surface area contributed by atoms with E-state index in [0.29, 0.717) is 34.0 Å². The van der Waals surface area contributed by atoms with Crippen LogP contribution >= 0.6 is 0 Å². The molecule has 0 amide bonds. The Morgan fingerprint density at radius 2 is 1.66 bits per heavy atom. The second-order valence-corrected chi connectivity index (χ2v) is 8.79. The summed E-state index contributed by atoms with van der Waals surface area (Å²) in [5.41, 5.74) is 5.16. The van der Waals surface area contributed by atoms with E-state index in [9.17, 15) is 8.42 Å². The van der Waals surface area contributed by atoms with Gasteiger partial charge in [0, 0.05) is 5.56 Å². The molecule has 2 heterocycles. The predicted octanol–water partition coefficient (Wildman–Crippen LogP) is 3.83. The Morgan fingerprint density at radius 3 is 2.41 bits per heavy atom. The van der Waals surface area contributed by atoms with Crippen molar-refractivity contribution in [2.75, 3.05) is 4.72 Å². The lowest BCUT2D eigenvalue weighted by molar-refractivity contribution is 0.600. The summed E-state index contributed by atoms with van der Waals surface area (Å²) in [7, 11) is -3.76.